The second-order valence-corrected chi connectivity index (χ2v) is 2.99. The topological polar surface area (TPSA) is 67.2 Å². The number of carbonyl (C=O) groups excluding carboxylic acids is 2. The van der Waals surface area contributed by atoms with Gasteiger partial charge in [-0.25, -0.2) is 0 Å². The number of benzene rings is 1. The zero-order valence-electron chi connectivity index (χ0n) is 7.78. The fraction of sp³-hybridized carbons (Fsp3) is 0.100. The van der Waals surface area contributed by atoms with E-state index in [9.17, 15) is 9.59 Å². The highest BCUT2D eigenvalue weighted by molar-refractivity contribution is 6.68. The van der Waals surface area contributed by atoms with Gasteiger partial charge in [0.1, 0.15) is 11.8 Å². The van der Waals surface area contributed by atoms with Crippen molar-refractivity contribution in [2.24, 2.45) is 0 Å². The molecular weight excluding hydrogens is 218 g/mol. The number of halogens is 1. The Morgan fingerprint density at radius 1 is 1.60 bits per heavy atom. The molecule has 0 heterocycles. The molecule has 5 heteroatoms. The molecule has 0 aliphatic rings. The number of hydrogen-bond donors (Lipinski definition) is 0. The van der Waals surface area contributed by atoms with E-state index in [2.05, 4.69) is 0 Å². The van der Waals surface area contributed by atoms with Gasteiger partial charge in [-0.1, -0.05) is 0 Å². The molecule has 0 aromatic heterocycles. The first-order valence-corrected chi connectivity index (χ1v) is 4.29. The number of aldehydes is 1. The minimum absolute atomic E-state index is 0.00372. The van der Waals surface area contributed by atoms with Crippen LogP contribution in [-0.2, 0) is 0 Å². The maximum absolute atomic E-state index is 10.9. The summed E-state index contributed by atoms with van der Waals surface area (Å²) >= 11 is 5.26. The van der Waals surface area contributed by atoms with Crippen molar-refractivity contribution in [1.29, 1.82) is 5.26 Å². The van der Waals surface area contributed by atoms with E-state index >= 15 is 0 Å². The molecule has 1 aromatic carbocycles. The fourth-order valence-corrected chi connectivity index (χ4v) is 1.28. The Bertz CT molecular complexity index is 462. The number of hydrogen-bond acceptors (Lipinski definition) is 4. The highest BCUT2D eigenvalue weighted by Crippen LogP contribution is 2.23. The zero-order valence-corrected chi connectivity index (χ0v) is 8.54. The first kappa shape index (κ1) is 11.2. The lowest BCUT2D eigenvalue weighted by Crippen LogP contribution is -2.00. The predicted molar refractivity (Wildman–Crippen MR) is 53.3 cm³/mol. The monoisotopic (exact) mass is 223 g/mol. The molecule has 0 fully saturated rings. The summed E-state index contributed by atoms with van der Waals surface area (Å²) < 4.78 is 4.88. The molecule has 0 aliphatic heterocycles. The maximum Gasteiger partial charge on any atom is 0.253 e. The summed E-state index contributed by atoms with van der Waals surface area (Å²) in [4.78, 5) is 21.6. The molecule has 4 nitrogen and oxygen atoms in total. The number of rotatable bonds is 3. The normalized spacial score (nSPS) is 9.13. The molecule has 0 unspecified atom stereocenters. The number of nitrogens with zero attached hydrogens (tertiary/aromatic N) is 1. The van der Waals surface area contributed by atoms with E-state index in [1.807, 2.05) is 6.07 Å². The summed E-state index contributed by atoms with van der Waals surface area (Å²) in [7, 11) is 1.37. The van der Waals surface area contributed by atoms with Crippen molar-refractivity contribution in [1.82, 2.24) is 0 Å². The van der Waals surface area contributed by atoms with E-state index in [0.29, 0.717) is 6.29 Å². The summed E-state index contributed by atoms with van der Waals surface area (Å²) in [6.07, 6.45) is 0.485. The van der Waals surface area contributed by atoms with Gasteiger partial charge >= 0.3 is 0 Å². The van der Waals surface area contributed by atoms with Crippen LogP contribution in [0, 0.1) is 11.3 Å². The summed E-state index contributed by atoms with van der Waals surface area (Å²) in [5.41, 5.74) is 0.266. The van der Waals surface area contributed by atoms with Gasteiger partial charge < -0.3 is 4.74 Å². The van der Waals surface area contributed by atoms with E-state index in [4.69, 9.17) is 21.6 Å². The Balaban J connectivity index is 3.49. The maximum atomic E-state index is 10.9. The molecule has 0 atom stereocenters. The standard InChI is InChI=1S/C10H6ClNO3/c1-15-9-3-7(5-13)8(10(11)14)2-6(9)4-12/h2-3,5H,1H3. The average molecular weight is 224 g/mol. The van der Waals surface area contributed by atoms with Gasteiger partial charge in [-0.2, -0.15) is 5.26 Å². The van der Waals surface area contributed by atoms with Crippen LogP contribution in [0.4, 0.5) is 0 Å². The molecule has 15 heavy (non-hydrogen) atoms. The van der Waals surface area contributed by atoms with Gasteiger partial charge in [-0.3, -0.25) is 9.59 Å². The van der Waals surface area contributed by atoms with Crippen LogP contribution in [-0.4, -0.2) is 18.6 Å². The van der Waals surface area contributed by atoms with Gasteiger partial charge in [-0.15, -0.1) is 0 Å². The van der Waals surface area contributed by atoms with Crippen LogP contribution < -0.4 is 4.74 Å². The van der Waals surface area contributed by atoms with Crippen molar-refractivity contribution in [2.75, 3.05) is 7.11 Å². The largest absolute Gasteiger partial charge is 0.495 e. The molecule has 0 radical (unpaired) electrons. The molecule has 76 valence electrons. The Morgan fingerprint density at radius 3 is 2.67 bits per heavy atom. The van der Waals surface area contributed by atoms with Crippen LogP contribution >= 0.6 is 11.6 Å². The molecule has 1 aromatic rings. The minimum atomic E-state index is -0.781. The molecule has 0 saturated carbocycles. The molecule has 0 spiro atoms. The third kappa shape index (κ3) is 2.14. The highest BCUT2D eigenvalue weighted by atomic mass is 35.5. The summed E-state index contributed by atoms with van der Waals surface area (Å²) in [6.45, 7) is 0. The minimum Gasteiger partial charge on any atom is -0.495 e. The van der Waals surface area contributed by atoms with Gasteiger partial charge in [0.2, 0.25) is 0 Å². The first-order valence-electron chi connectivity index (χ1n) is 3.91. The van der Waals surface area contributed by atoms with Crippen LogP contribution in [0.2, 0.25) is 0 Å². The lowest BCUT2D eigenvalue weighted by Gasteiger charge is -2.05. The highest BCUT2D eigenvalue weighted by Gasteiger charge is 2.13. The zero-order chi connectivity index (χ0) is 11.4. The van der Waals surface area contributed by atoms with Crippen molar-refractivity contribution in [3.63, 3.8) is 0 Å². The SMILES string of the molecule is COc1cc(C=O)c(C(=O)Cl)cc1C#N. The van der Waals surface area contributed by atoms with Crippen molar-refractivity contribution < 1.29 is 14.3 Å². The predicted octanol–water partition coefficient (Wildman–Crippen LogP) is 1.76. The van der Waals surface area contributed by atoms with Crippen LogP contribution in [0.15, 0.2) is 12.1 Å². The Labute approximate surface area is 91.0 Å². The Morgan fingerprint density at radius 2 is 2.27 bits per heavy atom. The fourth-order valence-electron chi connectivity index (χ4n) is 1.12. The molecular formula is C10H6ClNO3. The third-order valence-electron chi connectivity index (χ3n) is 1.83. The van der Waals surface area contributed by atoms with Gasteiger partial charge in [-0.05, 0) is 23.7 Å². The van der Waals surface area contributed by atoms with E-state index in [-0.39, 0.29) is 22.4 Å². The Kier molecular flexibility index (Phi) is 3.42. The van der Waals surface area contributed by atoms with Crippen LogP contribution in [0.25, 0.3) is 0 Å². The molecule has 0 saturated heterocycles. The summed E-state index contributed by atoms with van der Waals surface area (Å²) in [6, 6.07) is 4.38. The molecule has 0 N–H and O–H groups in total. The molecule has 0 bridgehead atoms. The quantitative estimate of drug-likeness (QED) is 0.578. The lowest BCUT2D eigenvalue weighted by molar-refractivity contribution is 0.106. The van der Waals surface area contributed by atoms with Crippen molar-refractivity contribution in [2.45, 2.75) is 0 Å². The summed E-state index contributed by atoms with van der Waals surface area (Å²) in [5, 5.41) is 7.97. The van der Waals surface area contributed by atoms with Crippen LogP contribution in [0.1, 0.15) is 26.3 Å². The summed E-state index contributed by atoms with van der Waals surface area (Å²) in [5.74, 6) is 0.237. The van der Waals surface area contributed by atoms with Gasteiger partial charge in [0.05, 0.1) is 12.7 Å². The van der Waals surface area contributed by atoms with Gasteiger partial charge in [0.25, 0.3) is 5.24 Å². The Hall–Kier alpha value is -1.86. The van der Waals surface area contributed by atoms with E-state index in [1.54, 1.807) is 0 Å². The van der Waals surface area contributed by atoms with Crippen LogP contribution in [0.5, 0.6) is 5.75 Å². The number of carbonyl (C=O) groups is 2. The average Bonchev–Trinajstić information content (AvgIpc) is 2.26. The van der Waals surface area contributed by atoms with Gasteiger partial charge in [0, 0.05) is 11.1 Å². The molecule has 1 rings (SSSR count). The van der Waals surface area contributed by atoms with E-state index in [1.165, 1.54) is 19.2 Å². The number of methoxy groups -OCH3 is 1. The van der Waals surface area contributed by atoms with Crippen LogP contribution in [0.3, 0.4) is 0 Å². The number of ether oxygens (including phenoxy) is 1. The van der Waals surface area contributed by atoms with Crippen molar-refractivity contribution >= 4 is 23.1 Å². The van der Waals surface area contributed by atoms with E-state index < -0.39 is 5.24 Å². The van der Waals surface area contributed by atoms with E-state index in [0.717, 1.165) is 0 Å². The molecule has 0 amide bonds. The van der Waals surface area contributed by atoms with Crippen molar-refractivity contribution in [3.05, 3.63) is 28.8 Å². The second-order valence-electron chi connectivity index (χ2n) is 2.64. The van der Waals surface area contributed by atoms with Crippen molar-refractivity contribution in [3.8, 4) is 11.8 Å². The molecule has 0 aliphatic carbocycles. The van der Waals surface area contributed by atoms with Gasteiger partial charge in [0.15, 0.2) is 6.29 Å². The smallest absolute Gasteiger partial charge is 0.253 e. The first-order chi connectivity index (χ1) is 7.13. The number of nitriles is 1. The third-order valence-corrected chi connectivity index (χ3v) is 2.03. The lowest BCUT2D eigenvalue weighted by atomic mass is 10.1. The second kappa shape index (κ2) is 4.58.